The van der Waals surface area contributed by atoms with Crippen molar-refractivity contribution in [3.05, 3.63) is 35.1 Å². The minimum absolute atomic E-state index is 0.0182. The molecular formula is C11H12N4OS. The van der Waals surface area contributed by atoms with Crippen LogP contribution in [0.1, 0.15) is 10.6 Å². The first-order valence-corrected chi connectivity index (χ1v) is 5.77. The van der Waals surface area contributed by atoms with Gasteiger partial charge < -0.3 is 10.5 Å². The van der Waals surface area contributed by atoms with Crippen LogP contribution in [-0.2, 0) is 11.3 Å². The number of hydrogen-bond acceptors (Lipinski definition) is 5. The molecule has 88 valence electrons. The molecule has 2 aromatic rings. The van der Waals surface area contributed by atoms with Gasteiger partial charge in [-0.05, 0) is 12.1 Å². The largest absolute Gasteiger partial charge is 0.383 e. The minimum Gasteiger partial charge on any atom is -0.383 e. The Hall–Kier alpha value is -1.79. The Labute approximate surface area is 103 Å². The van der Waals surface area contributed by atoms with Gasteiger partial charge in [0.2, 0.25) is 0 Å². The summed E-state index contributed by atoms with van der Waals surface area (Å²) in [5.41, 5.74) is 7.14. The van der Waals surface area contributed by atoms with Gasteiger partial charge in [-0.2, -0.15) is 0 Å². The van der Waals surface area contributed by atoms with E-state index in [0.717, 1.165) is 10.6 Å². The van der Waals surface area contributed by atoms with E-state index in [1.807, 2.05) is 12.1 Å². The van der Waals surface area contributed by atoms with Gasteiger partial charge in [-0.25, -0.2) is 4.98 Å². The number of rotatable bonds is 4. The predicted molar refractivity (Wildman–Crippen MR) is 67.1 cm³/mol. The van der Waals surface area contributed by atoms with Crippen LogP contribution in [0, 0.1) is 5.41 Å². The van der Waals surface area contributed by atoms with Crippen molar-refractivity contribution in [1.29, 1.82) is 5.41 Å². The number of nitrogens with one attached hydrogen (secondary N) is 1. The molecule has 0 radical (unpaired) electrons. The molecule has 0 bridgehead atoms. The van der Waals surface area contributed by atoms with Crippen molar-refractivity contribution in [2.24, 2.45) is 5.73 Å². The molecule has 2 heterocycles. The zero-order chi connectivity index (χ0) is 12.3. The Bertz CT molecular complexity index is 524. The SMILES string of the molecule is COCc1nc(-c2cccnc2)sc1C(=N)N. The molecule has 17 heavy (non-hydrogen) atoms. The maximum Gasteiger partial charge on any atom is 0.135 e. The number of methoxy groups -OCH3 is 1. The molecule has 6 heteroatoms. The zero-order valence-electron chi connectivity index (χ0n) is 9.30. The summed E-state index contributed by atoms with van der Waals surface area (Å²) in [7, 11) is 1.59. The van der Waals surface area contributed by atoms with Gasteiger partial charge in [0, 0.05) is 25.1 Å². The first kappa shape index (κ1) is 11.7. The maximum absolute atomic E-state index is 7.51. The Morgan fingerprint density at radius 3 is 3.00 bits per heavy atom. The van der Waals surface area contributed by atoms with Crippen LogP contribution in [0.4, 0.5) is 0 Å². The fourth-order valence-electron chi connectivity index (χ4n) is 1.41. The molecule has 5 nitrogen and oxygen atoms in total. The molecule has 0 aliphatic heterocycles. The lowest BCUT2D eigenvalue weighted by Gasteiger charge is -1.97. The van der Waals surface area contributed by atoms with Crippen LogP contribution in [-0.4, -0.2) is 22.9 Å². The summed E-state index contributed by atoms with van der Waals surface area (Å²) in [5, 5.41) is 8.31. The normalized spacial score (nSPS) is 10.4. The quantitative estimate of drug-likeness (QED) is 0.636. The second-order valence-corrected chi connectivity index (χ2v) is 4.38. The van der Waals surface area contributed by atoms with Crippen molar-refractivity contribution < 1.29 is 4.74 Å². The van der Waals surface area contributed by atoms with Crippen molar-refractivity contribution in [3.8, 4) is 10.6 Å². The van der Waals surface area contributed by atoms with E-state index in [-0.39, 0.29) is 5.84 Å². The topological polar surface area (TPSA) is 84.9 Å². The van der Waals surface area contributed by atoms with Crippen LogP contribution >= 0.6 is 11.3 Å². The van der Waals surface area contributed by atoms with Crippen LogP contribution in [0.25, 0.3) is 10.6 Å². The second-order valence-electron chi connectivity index (χ2n) is 3.38. The van der Waals surface area contributed by atoms with Crippen molar-refractivity contribution in [3.63, 3.8) is 0 Å². The number of pyridine rings is 1. The van der Waals surface area contributed by atoms with Gasteiger partial charge >= 0.3 is 0 Å². The lowest BCUT2D eigenvalue weighted by atomic mass is 10.3. The molecule has 0 saturated carbocycles. The van der Waals surface area contributed by atoms with E-state index in [9.17, 15) is 0 Å². The van der Waals surface area contributed by atoms with E-state index in [1.54, 1.807) is 19.5 Å². The van der Waals surface area contributed by atoms with E-state index >= 15 is 0 Å². The summed E-state index contributed by atoms with van der Waals surface area (Å²) in [6.45, 7) is 0.353. The fourth-order valence-corrected chi connectivity index (χ4v) is 2.33. The highest BCUT2D eigenvalue weighted by atomic mass is 32.1. The standard InChI is InChI=1S/C11H12N4OS/c1-16-6-8-9(10(12)13)17-11(15-8)7-3-2-4-14-5-7/h2-5H,6H2,1H3,(H3,12,13). The van der Waals surface area contributed by atoms with Gasteiger partial charge in [0.05, 0.1) is 17.2 Å². The smallest absolute Gasteiger partial charge is 0.135 e. The van der Waals surface area contributed by atoms with E-state index < -0.39 is 0 Å². The second kappa shape index (κ2) is 5.03. The molecular weight excluding hydrogens is 236 g/mol. The van der Waals surface area contributed by atoms with Crippen LogP contribution in [0.2, 0.25) is 0 Å². The van der Waals surface area contributed by atoms with Gasteiger partial charge in [0.1, 0.15) is 10.8 Å². The van der Waals surface area contributed by atoms with Gasteiger partial charge in [-0.15, -0.1) is 11.3 Å². The summed E-state index contributed by atoms with van der Waals surface area (Å²) < 4.78 is 5.04. The van der Waals surface area contributed by atoms with Gasteiger partial charge in [-0.3, -0.25) is 10.4 Å². The van der Waals surface area contributed by atoms with Crippen LogP contribution in [0.3, 0.4) is 0 Å². The predicted octanol–water partition coefficient (Wildman–Crippen LogP) is 1.64. The number of hydrogen-bond donors (Lipinski definition) is 2. The van der Waals surface area contributed by atoms with Crippen LogP contribution in [0.5, 0.6) is 0 Å². The molecule has 0 atom stereocenters. The first-order chi connectivity index (χ1) is 8.22. The molecule has 0 unspecified atom stereocenters. The fraction of sp³-hybridized carbons (Fsp3) is 0.182. The molecule has 2 rings (SSSR count). The molecule has 0 amide bonds. The first-order valence-electron chi connectivity index (χ1n) is 4.96. The number of thiazole rings is 1. The highest BCUT2D eigenvalue weighted by molar-refractivity contribution is 7.17. The lowest BCUT2D eigenvalue weighted by Crippen LogP contribution is -2.11. The Morgan fingerprint density at radius 1 is 1.59 bits per heavy atom. The molecule has 3 N–H and O–H groups in total. The molecule has 0 saturated heterocycles. The average Bonchev–Trinajstić information content (AvgIpc) is 2.75. The zero-order valence-corrected chi connectivity index (χ0v) is 10.1. The molecule has 2 aromatic heterocycles. The molecule has 0 aliphatic carbocycles. The third-order valence-electron chi connectivity index (χ3n) is 2.13. The summed E-state index contributed by atoms with van der Waals surface area (Å²) in [5.74, 6) is 0.0182. The maximum atomic E-state index is 7.51. The molecule has 0 aliphatic rings. The van der Waals surface area contributed by atoms with Crippen LogP contribution in [0.15, 0.2) is 24.5 Å². The average molecular weight is 248 g/mol. The third-order valence-corrected chi connectivity index (χ3v) is 3.31. The summed E-state index contributed by atoms with van der Waals surface area (Å²) in [6.07, 6.45) is 3.44. The molecule has 0 aromatic carbocycles. The number of aromatic nitrogens is 2. The monoisotopic (exact) mass is 248 g/mol. The van der Waals surface area contributed by atoms with Crippen molar-refractivity contribution in [2.45, 2.75) is 6.61 Å². The minimum atomic E-state index is 0.0182. The summed E-state index contributed by atoms with van der Waals surface area (Å²) in [6, 6.07) is 3.77. The van der Waals surface area contributed by atoms with Crippen molar-refractivity contribution >= 4 is 17.2 Å². The van der Waals surface area contributed by atoms with E-state index in [1.165, 1.54) is 11.3 Å². The van der Waals surface area contributed by atoms with Crippen molar-refractivity contribution in [2.75, 3.05) is 7.11 Å². The molecule has 0 spiro atoms. The lowest BCUT2D eigenvalue weighted by molar-refractivity contribution is 0.182. The van der Waals surface area contributed by atoms with Gasteiger partial charge in [0.25, 0.3) is 0 Å². The number of nitrogens with two attached hydrogens (primary N) is 1. The number of nitrogens with zero attached hydrogens (tertiary/aromatic N) is 2. The highest BCUT2D eigenvalue weighted by Crippen LogP contribution is 2.27. The summed E-state index contributed by atoms with van der Waals surface area (Å²) >= 11 is 1.38. The third kappa shape index (κ3) is 2.48. The van der Waals surface area contributed by atoms with E-state index in [0.29, 0.717) is 17.2 Å². The number of nitrogen functional groups attached to an aromatic ring is 1. The Morgan fingerprint density at radius 2 is 2.41 bits per heavy atom. The van der Waals surface area contributed by atoms with Crippen LogP contribution < -0.4 is 5.73 Å². The van der Waals surface area contributed by atoms with E-state index in [4.69, 9.17) is 15.9 Å². The van der Waals surface area contributed by atoms with Gasteiger partial charge in [0.15, 0.2) is 0 Å². The van der Waals surface area contributed by atoms with E-state index in [2.05, 4.69) is 9.97 Å². The Balaban J connectivity index is 2.44. The van der Waals surface area contributed by atoms with Gasteiger partial charge in [-0.1, -0.05) is 0 Å². The number of amidine groups is 1. The molecule has 0 fully saturated rings. The Kier molecular flexibility index (Phi) is 3.46. The van der Waals surface area contributed by atoms with Crippen molar-refractivity contribution in [1.82, 2.24) is 9.97 Å². The highest BCUT2D eigenvalue weighted by Gasteiger charge is 2.14. The number of ether oxygens (including phenoxy) is 1. The summed E-state index contributed by atoms with van der Waals surface area (Å²) in [4.78, 5) is 9.12.